The molecule has 0 atom stereocenters. The second-order valence-corrected chi connectivity index (χ2v) is 4.94. The fourth-order valence-electron chi connectivity index (χ4n) is 1.76. The number of carbonyl (C=O) groups is 1. The van der Waals surface area contributed by atoms with Gasteiger partial charge >= 0.3 is 0 Å². The van der Waals surface area contributed by atoms with Crippen molar-refractivity contribution >= 4 is 27.5 Å². The third kappa shape index (κ3) is 3.15. The van der Waals surface area contributed by atoms with Crippen LogP contribution < -0.4 is 10.7 Å². The molecule has 5 nitrogen and oxygen atoms in total. The number of H-pyrrole nitrogens is 1. The molecule has 1 heterocycles. The SMILES string of the molecule is COCc1ccccc1C(=O)Nc1c[nH]cc(Br)c1=O. The second-order valence-electron chi connectivity index (χ2n) is 4.09. The van der Waals surface area contributed by atoms with Crippen LogP contribution in [0, 0.1) is 0 Å². The van der Waals surface area contributed by atoms with Crippen molar-refractivity contribution in [2.45, 2.75) is 6.61 Å². The molecule has 0 spiro atoms. The Morgan fingerprint density at radius 1 is 1.35 bits per heavy atom. The number of halogens is 1. The number of hydrogen-bond acceptors (Lipinski definition) is 3. The Morgan fingerprint density at radius 3 is 2.85 bits per heavy atom. The van der Waals surface area contributed by atoms with Gasteiger partial charge in [-0.1, -0.05) is 18.2 Å². The van der Waals surface area contributed by atoms with E-state index in [4.69, 9.17) is 4.74 Å². The molecule has 0 saturated carbocycles. The summed E-state index contributed by atoms with van der Waals surface area (Å²) in [4.78, 5) is 26.9. The third-order valence-corrected chi connectivity index (χ3v) is 3.30. The van der Waals surface area contributed by atoms with E-state index in [1.807, 2.05) is 12.1 Å². The average molecular weight is 337 g/mol. The van der Waals surface area contributed by atoms with E-state index in [0.717, 1.165) is 5.56 Å². The van der Waals surface area contributed by atoms with Crippen LogP contribution in [0.5, 0.6) is 0 Å². The molecule has 0 radical (unpaired) electrons. The van der Waals surface area contributed by atoms with Gasteiger partial charge in [-0.05, 0) is 27.6 Å². The second kappa shape index (κ2) is 6.49. The van der Waals surface area contributed by atoms with Gasteiger partial charge in [-0.2, -0.15) is 0 Å². The largest absolute Gasteiger partial charge is 0.380 e. The highest BCUT2D eigenvalue weighted by atomic mass is 79.9. The molecule has 0 fully saturated rings. The highest BCUT2D eigenvalue weighted by molar-refractivity contribution is 9.10. The number of benzene rings is 1. The van der Waals surface area contributed by atoms with E-state index >= 15 is 0 Å². The van der Waals surface area contributed by atoms with Crippen LogP contribution in [0.25, 0.3) is 0 Å². The maximum Gasteiger partial charge on any atom is 0.256 e. The van der Waals surface area contributed by atoms with Gasteiger partial charge in [-0.15, -0.1) is 0 Å². The smallest absolute Gasteiger partial charge is 0.256 e. The third-order valence-electron chi connectivity index (χ3n) is 2.71. The monoisotopic (exact) mass is 336 g/mol. The predicted octanol–water partition coefficient (Wildman–Crippen LogP) is 2.54. The Balaban J connectivity index is 2.29. The molecule has 0 aliphatic rings. The standard InChI is InChI=1S/C14H13BrN2O3/c1-20-8-9-4-2-3-5-10(9)14(19)17-12-7-16-6-11(15)13(12)18/h2-7H,8H2,1H3,(H,16,18)(H,17,19). The number of aromatic nitrogens is 1. The van der Waals surface area contributed by atoms with Crippen LogP contribution in [-0.2, 0) is 11.3 Å². The highest BCUT2D eigenvalue weighted by Crippen LogP contribution is 2.13. The van der Waals surface area contributed by atoms with Crippen LogP contribution in [-0.4, -0.2) is 18.0 Å². The van der Waals surface area contributed by atoms with Crippen molar-refractivity contribution in [3.8, 4) is 0 Å². The Morgan fingerprint density at radius 2 is 2.10 bits per heavy atom. The molecular formula is C14H13BrN2O3. The van der Waals surface area contributed by atoms with Crippen LogP contribution in [0.4, 0.5) is 5.69 Å². The number of pyridine rings is 1. The van der Waals surface area contributed by atoms with Crippen LogP contribution in [0.15, 0.2) is 45.9 Å². The number of rotatable bonds is 4. The zero-order valence-electron chi connectivity index (χ0n) is 10.8. The average Bonchev–Trinajstić information content (AvgIpc) is 2.45. The van der Waals surface area contributed by atoms with Gasteiger partial charge < -0.3 is 15.0 Å². The summed E-state index contributed by atoms with van der Waals surface area (Å²) in [5, 5.41) is 2.60. The van der Waals surface area contributed by atoms with Crippen LogP contribution in [0.1, 0.15) is 15.9 Å². The van der Waals surface area contributed by atoms with Crippen molar-refractivity contribution in [3.05, 3.63) is 62.5 Å². The molecule has 1 amide bonds. The van der Waals surface area contributed by atoms with Gasteiger partial charge in [0.1, 0.15) is 5.69 Å². The van der Waals surface area contributed by atoms with E-state index in [9.17, 15) is 9.59 Å². The Hall–Kier alpha value is -1.92. The summed E-state index contributed by atoms with van der Waals surface area (Å²) in [6.07, 6.45) is 2.96. The van der Waals surface area contributed by atoms with Gasteiger partial charge in [0.2, 0.25) is 5.43 Å². The quantitative estimate of drug-likeness (QED) is 0.901. The highest BCUT2D eigenvalue weighted by Gasteiger charge is 2.13. The lowest BCUT2D eigenvalue weighted by Gasteiger charge is -2.09. The minimum atomic E-state index is -0.346. The Kier molecular flexibility index (Phi) is 4.70. The maximum atomic E-state index is 12.2. The summed E-state index contributed by atoms with van der Waals surface area (Å²) >= 11 is 3.12. The van der Waals surface area contributed by atoms with Gasteiger partial charge in [0.05, 0.1) is 11.1 Å². The summed E-state index contributed by atoms with van der Waals surface area (Å²) in [6, 6.07) is 7.09. The van der Waals surface area contributed by atoms with E-state index in [0.29, 0.717) is 16.6 Å². The number of anilines is 1. The van der Waals surface area contributed by atoms with E-state index in [-0.39, 0.29) is 17.0 Å². The first-order valence-corrected chi connectivity index (χ1v) is 6.67. The molecule has 2 rings (SSSR count). The molecule has 104 valence electrons. The molecule has 2 aromatic rings. The Bertz CT molecular complexity index is 682. The summed E-state index contributed by atoms with van der Waals surface area (Å²) in [7, 11) is 1.56. The predicted molar refractivity (Wildman–Crippen MR) is 79.9 cm³/mol. The van der Waals surface area contributed by atoms with Crippen molar-refractivity contribution in [1.82, 2.24) is 4.98 Å². The van der Waals surface area contributed by atoms with Crippen LogP contribution in [0.2, 0.25) is 0 Å². The molecule has 0 aliphatic carbocycles. The lowest BCUT2D eigenvalue weighted by Crippen LogP contribution is -2.20. The number of carbonyl (C=O) groups excluding carboxylic acids is 1. The molecule has 20 heavy (non-hydrogen) atoms. The van der Waals surface area contributed by atoms with Gasteiger partial charge in [0.15, 0.2) is 0 Å². The topological polar surface area (TPSA) is 71.2 Å². The zero-order valence-corrected chi connectivity index (χ0v) is 12.4. The number of amides is 1. The van der Waals surface area contributed by atoms with Crippen molar-refractivity contribution < 1.29 is 9.53 Å². The van der Waals surface area contributed by atoms with Gasteiger partial charge in [0.25, 0.3) is 5.91 Å². The molecular weight excluding hydrogens is 324 g/mol. The molecule has 1 aromatic heterocycles. The fraction of sp³-hybridized carbons (Fsp3) is 0.143. The normalized spacial score (nSPS) is 10.3. The first-order chi connectivity index (χ1) is 9.63. The molecule has 0 saturated heterocycles. The minimum Gasteiger partial charge on any atom is -0.380 e. The van der Waals surface area contributed by atoms with Crippen molar-refractivity contribution in [2.75, 3.05) is 12.4 Å². The molecule has 0 bridgehead atoms. The molecule has 0 aliphatic heterocycles. The summed E-state index contributed by atoms with van der Waals surface area (Å²) in [5.74, 6) is -0.346. The minimum absolute atomic E-state index is 0.191. The number of ether oxygens (including phenoxy) is 1. The molecule has 0 unspecified atom stereocenters. The summed E-state index contributed by atoms with van der Waals surface area (Å²) < 4.78 is 5.42. The molecule has 2 N–H and O–H groups in total. The number of aromatic amines is 1. The number of hydrogen-bond donors (Lipinski definition) is 2. The van der Waals surface area contributed by atoms with E-state index in [1.54, 1.807) is 19.2 Å². The first-order valence-electron chi connectivity index (χ1n) is 5.88. The van der Waals surface area contributed by atoms with E-state index in [2.05, 4.69) is 26.2 Å². The van der Waals surface area contributed by atoms with Crippen LogP contribution >= 0.6 is 15.9 Å². The Labute approximate surface area is 124 Å². The lowest BCUT2D eigenvalue weighted by atomic mass is 10.1. The van der Waals surface area contributed by atoms with E-state index in [1.165, 1.54) is 12.4 Å². The summed E-state index contributed by atoms with van der Waals surface area (Å²) in [5.41, 5.74) is 1.16. The fourth-order valence-corrected chi connectivity index (χ4v) is 2.11. The van der Waals surface area contributed by atoms with Crippen molar-refractivity contribution in [1.29, 1.82) is 0 Å². The van der Waals surface area contributed by atoms with Gasteiger partial charge in [0, 0.05) is 25.1 Å². The van der Waals surface area contributed by atoms with Crippen molar-refractivity contribution in [2.24, 2.45) is 0 Å². The van der Waals surface area contributed by atoms with Gasteiger partial charge in [-0.25, -0.2) is 0 Å². The first kappa shape index (κ1) is 14.5. The van der Waals surface area contributed by atoms with Gasteiger partial charge in [-0.3, -0.25) is 9.59 Å². The number of methoxy groups -OCH3 is 1. The summed E-state index contributed by atoms with van der Waals surface area (Å²) in [6.45, 7) is 0.332. The van der Waals surface area contributed by atoms with Crippen molar-refractivity contribution in [3.63, 3.8) is 0 Å². The number of nitrogens with one attached hydrogen (secondary N) is 2. The molecule has 6 heteroatoms. The molecule has 1 aromatic carbocycles. The maximum absolute atomic E-state index is 12.2. The lowest BCUT2D eigenvalue weighted by molar-refractivity contribution is 0.102. The van der Waals surface area contributed by atoms with Crippen LogP contribution in [0.3, 0.4) is 0 Å². The zero-order chi connectivity index (χ0) is 14.5. The van der Waals surface area contributed by atoms with E-state index < -0.39 is 0 Å².